The molecule has 0 radical (unpaired) electrons. The van der Waals surface area contributed by atoms with E-state index >= 15 is 0 Å². The van der Waals surface area contributed by atoms with Crippen LogP contribution in [0.4, 0.5) is 5.69 Å². The zero-order valence-electron chi connectivity index (χ0n) is 17.1. The van der Waals surface area contributed by atoms with E-state index in [-0.39, 0.29) is 0 Å². The van der Waals surface area contributed by atoms with Gasteiger partial charge in [0.15, 0.2) is 0 Å². The van der Waals surface area contributed by atoms with Crippen molar-refractivity contribution in [2.75, 3.05) is 25.6 Å². The van der Waals surface area contributed by atoms with Crippen LogP contribution in [-0.4, -0.2) is 36.3 Å². The fraction of sp³-hybridized carbons (Fsp3) is 0.192. The molecule has 1 aliphatic heterocycles. The highest BCUT2D eigenvalue weighted by Crippen LogP contribution is 2.34. The van der Waals surface area contributed by atoms with Gasteiger partial charge >= 0.3 is 0 Å². The van der Waals surface area contributed by atoms with Crippen LogP contribution in [0.2, 0.25) is 0 Å². The van der Waals surface area contributed by atoms with E-state index < -0.39 is 0 Å². The van der Waals surface area contributed by atoms with Crippen LogP contribution < -0.4 is 5.43 Å². The molecule has 0 spiro atoms. The molecule has 1 aliphatic rings. The Morgan fingerprint density at radius 1 is 0.900 bits per heavy atom. The smallest absolute Gasteiger partial charge is 0.0788 e. The van der Waals surface area contributed by atoms with Gasteiger partial charge in [-0.3, -0.25) is 0 Å². The monoisotopic (exact) mass is 395 g/mol. The third-order valence-corrected chi connectivity index (χ3v) is 5.71. The molecule has 5 rings (SSSR count). The van der Waals surface area contributed by atoms with E-state index in [0.717, 1.165) is 52.9 Å². The van der Waals surface area contributed by atoms with Crippen molar-refractivity contribution in [1.29, 1.82) is 0 Å². The van der Waals surface area contributed by atoms with E-state index in [2.05, 4.69) is 83.2 Å². The first-order chi connectivity index (χ1) is 14.8. The summed E-state index contributed by atoms with van der Waals surface area (Å²) >= 11 is 0. The second-order valence-corrected chi connectivity index (χ2v) is 7.73. The third kappa shape index (κ3) is 3.80. The average molecular weight is 396 g/mol. The molecule has 4 aromatic rings. The summed E-state index contributed by atoms with van der Waals surface area (Å²) in [6.45, 7) is 1.88. The molecule has 0 amide bonds. The van der Waals surface area contributed by atoms with E-state index in [1.165, 1.54) is 5.56 Å². The van der Waals surface area contributed by atoms with Crippen LogP contribution in [0, 0.1) is 0 Å². The highest BCUT2D eigenvalue weighted by Gasteiger charge is 2.22. The summed E-state index contributed by atoms with van der Waals surface area (Å²) < 4.78 is 5.48. The zero-order valence-corrected chi connectivity index (χ0v) is 17.1. The lowest BCUT2D eigenvalue weighted by atomic mass is 9.97. The Labute approximate surface area is 177 Å². The molecule has 0 saturated carbocycles. The Morgan fingerprint density at radius 2 is 1.63 bits per heavy atom. The molecule has 1 fully saturated rings. The first-order valence-electron chi connectivity index (χ1n) is 10.4. The fourth-order valence-corrected chi connectivity index (χ4v) is 4.10. The van der Waals surface area contributed by atoms with Gasteiger partial charge in [0, 0.05) is 42.4 Å². The summed E-state index contributed by atoms with van der Waals surface area (Å²) in [4.78, 5) is 5.06. The molecule has 1 N–H and O–H groups in total. The van der Waals surface area contributed by atoms with Crippen molar-refractivity contribution >= 4 is 16.6 Å². The number of hydrogen-bond donors (Lipinski definition) is 1. The predicted octanol–water partition coefficient (Wildman–Crippen LogP) is 5.62. The van der Waals surface area contributed by atoms with Crippen molar-refractivity contribution in [3.63, 3.8) is 0 Å². The van der Waals surface area contributed by atoms with Gasteiger partial charge in [-0.15, -0.1) is 0 Å². The molecular formula is C26H25N3O. The third-order valence-electron chi connectivity index (χ3n) is 5.71. The van der Waals surface area contributed by atoms with Crippen molar-refractivity contribution in [3.8, 4) is 22.4 Å². The Bertz CT molecular complexity index is 1150. The maximum Gasteiger partial charge on any atom is 0.0788 e. The Morgan fingerprint density at radius 3 is 2.33 bits per heavy atom. The van der Waals surface area contributed by atoms with Crippen LogP contribution in [0.15, 0.2) is 84.9 Å². The molecule has 1 unspecified atom stereocenters. The van der Waals surface area contributed by atoms with Crippen LogP contribution in [-0.2, 0) is 4.74 Å². The highest BCUT2D eigenvalue weighted by molar-refractivity contribution is 5.93. The van der Waals surface area contributed by atoms with E-state index in [4.69, 9.17) is 9.72 Å². The quantitative estimate of drug-likeness (QED) is 0.476. The second kappa shape index (κ2) is 8.27. The largest absolute Gasteiger partial charge is 0.380 e. The van der Waals surface area contributed by atoms with E-state index in [0.29, 0.717) is 6.10 Å². The molecule has 0 aliphatic carbocycles. The molecule has 3 aromatic carbocycles. The number of anilines is 1. The molecule has 30 heavy (non-hydrogen) atoms. The normalized spacial score (nSPS) is 16.8. The van der Waals surface area contributed by atoms with Gasteiger partial charge in [-0.2, -0.15) is 0 Å². The predicted molar refractivity (Wildman–Crippen MR) is 123 cm³/mol. The van der Waals surface area contributed by atoms with Gasteiger partial charge in [-0.05, 0) is 36.2 Å². The first-order valence-corrected chi connectivity index (χ1v) is 10.4. The molecule has 4 nitrogen and oxygen atoms in total. The number of rotatable bonds is 5. The number of ether oxygens (including phenoxy) is 1. The van der Waals surface area contributed by atoms with Crippen LogP contribution in [0.25, 0.3) is 33.3 Å². The topological polar surface area (TPSA) is 37.4 Å². The molecule has 1 atom stereocenters. The van der Waals surface area contributed by atoms with Gasteiger partial charge in [0.05, 0.1) is 17.3 Å². The summed E-state index contributed by atoms with van der Waals surface area (Å²) in [5.74, 6) is 0. The van der Waals surface area contributed by atoms with Gasteiger partial charge in [0.2, 0.25) is 0 Å². The molecule has 1 aromatic heterocycles. The Balaban J connectivity index is 1.56. The summed E-state index contributed by atoms with van der Waals surface area (Å²) in [6, 6.07) is 29.5. The molecule has 0 bridgehead atoms. The number of hydrazine groups is 1. The van der Waals surface area contributed by atoms with Gasteiger partial charge in [0.1, 0.15) is 0 Å². The molecular weight excluding hydrogens is 370 g/mol. The number of hydrogen-bond acceptors (Lipinski definition) is 4. The van der Waals surface area contributed by atoms with E-state index in [9.17, 15) is 0 Å². The summed E-state index contributed by atoms with van der Waals surface area (Å²) in [7, 11) is 1.78. The van der Waals surface area contributed by atoms with Gasteiger partial charge in [0.25, 0.3) is 0 Å². The maximum atomic E-state index is 5.48. The second-order valence-electron chi connectivity index (χ2n) is 7.73. The van der Waals surface area contributed by atoms with Gasteiger partial charge in [-0.1, -0.05) is 60.7 Å². The first kappa shape index (κ1) is 18.8. The number of aromatic nitrogens is 1. The van der Waals surface area contributed by atoms with Crippen molar-refractivity contribution in [2.45, 2.75) is 12.5 Å². The number of pyridine rings is 1. The summed E-state index contributed by atoms with van der Waals surface area (Å²) in [5.41, 5.74) is 10.1. The average Bonchev–Trinajstić information content (AvgIpc) is 3.27. The molecule has 2 heterocycles. The minimum atomic E-state index is 0.303. The van der Waals surface area contributed by atoms with Crippen molar-refractivity contribution in [2.24, 2.45) is 0 Å². The van der Waals surface area contributed by atoms with E-state index in [1.54, 1.807) is 7.11 Å². The minimum Gasteiger partial charge on any atom is -0.380 e. The number of methoxy groups -OCH3 is 1. The lowest BCUT2D eigenvalue weighted by molar-refractivity contribution is 0.111. The Kier molecular flexibility index (Phi) is 5.18. The lowest BCUT2D eigenvalue weighted by Crippen LogP contribution is -2.28. The SMILES string of the molecule is COC1CCN(Nc2ccc3nc(-c4ccccc4)c(-c4ccccc4)cc3c2)C1. The van der Waals surface area contributed by atoms with Crippen LogP contribution in [0.5, 0.6) is 0 Å². The van der Waals surface area contributed by atoms with Crippen molar-refractivity contribution < 1.29 is 4.74 Å². The van der Waals surface area contributed by atoms with Crippen LogP contribution in [0.3, 0.4) is 0 Å². The van der Waals surface area contributed by atoms with Crippen molar-refractivity contribution in [1.82, 2.24) is 9.99 Å². The fourth-order valence-electron chi connectivity index (χ4n) is 4.10. The zero-order chi connectivity index (χ0) is 20.3. The molecule has 150 valence electrons. The maximum absolute atomic E-state index is 5.48. The van der Waals surface area contributed by atoms with Gasteiger partial charge in [-0.25, -0.2) is 9.99 Å². The standard InChI is InChI=1S/C26H25N3O/c1-30-23-14-15-29(18-23)28-22-12-13-25-21(16-22)17-24(19-8-4-2-5-9-19)26(27-25)20-10-6-3-7-11-20/h2-13,16-17,23,28H,14-15,18H2,1H3. The number of benzene rings is 3. The number of fused-ring (bicyclic) bond motifs is 1. The summed E-state index contributed by atoms with van der Waals surface area (Å²) in [6.07, 6.45) is 1.36. The minimum absolute atomic E-state index is 0.303. The van der Waals surface area contributed by atoms with Crippen LogP contribution in [0.1, 0.15) is 6.42 Å². The highest BCUT2D eigenvalue weighted by atomic mass is 16.5. The van der Waals surface area contributed by atoms with E-state index in [1.807, 2.05) is 12.1 Å². The van der Waals surface area contributed by atoms with Crippen molar-refractivity contribution in [3.05, 3.63) is 84.9 Å². The van der Waals surface area contributed by atoms with Crippen LogP contribution >= 0.6 is 0 Å². The molecule has 1 saturated heterocycles. The Hall–Kier alpha value is -3.21. The number of nitrogens with zero attached hydrogens (tertiary/aromatic N) is 2. The number of nitrogens with one attached hydrogen (secondary N) is 1. The van der Waals surface area contributed by atoms with Gasteiger partial charge < -0.3 is 10.2 Å². The molecule has 4 heteroatoms. The summed E-state index contributed by atoms with van der Waals surface area (Å²) in [5, 5.41) is 3.35. The lowest BCUT2D eigenvalue weighted by Gasteiger charge is -2.19.